The molecule has 0 saturated heterocycles. The molecule has 0 fully saturated rings. The van der Waals surface area contributed by atoms with Crippen LogP contribution < -0.4 is 0 Å². The van der Waals surface area contributed by atoms with Gasteiger partial charge in [0.15, 0.2) is 0 Å². The lowest BCUT2D eigenvalue weighted by Crippen LogP contribution is -2.14. The van der Waals surface area contributed by atoms with Gasteiger partial charge in [-0.05, 0) is 112 Å². The molecule has 0 nitrogen and oxygen atoms in total. The van der Waals surface area contributed by atoms with Crippen LogP contribution in [-0.2, 0) is 5.41 Å². The predicted molar refractivity (Wildman–Crippen MR) is 177 cm³/mol. The number of hydrogen-bond donors (Lipinski definition) is 0. The summed E-state index contributed by atoms with van der Waals surface area (Å²) in [7, 11) is 0. The van der Waals surface area contributed by atoms with E-state index < -0.39 is 0 Å². The van der Waals surface area contributed by atoms with Crippen LogP contribution in [0.4, 0.5) is 0 Å². The van der Waals surface area contributed by atoms with E-state index in [1.807, 2.05) is 0 Å². The summed E-state index contributed by atoms with van der Waals surface area (Å²) in [6.07, 6.45) is 0. The molecule has 1 aliphatic carbocycles. The third-order valence-corrected chi connectivity index (χ3v) is 9.60. The highest BCUT2D eigenvalue weighted by Gasteiger charge is 2.35. The summed E-state index contributed by atoms with van der Waals surface area (Å²) in [5.74, 6) is 0. The number of hydrogen-bond acceptors (Lipinski definition) is 0. The van der Waals surface area contributed by atoms with E-state index in [2.05, 4.69) is 147 Å². The van der Waals surface area contributed by atoms with Crippen LogP contribution in [0.1, 0.15) is 25.0 Å². The molecule has 0 saturated carbocycles. The first kappa shape index (κ1) is 22.8. The van der Waals surface area contributed by atoms with Crippen LogP contribution in [-0.4, -0.2) is 0 Å². The Hall–Kier alpha value is -4.94. The lowest BCUT2D eigenvalue weighted by Gasteiger charge is -2.22. The molecule has 0 aliphatic heterocycles. The van der Waals surface area contributed by atoms with Crippen molar-refractivity contribution in [3.8, 4) is 22.3 Å². The van der Waals surface area contributed by atoms with Gasteiger partial charge in [-0.3, -0.25) is 0 Å². The van der Waals surface area contributed by atoms with Crippen LogP contribution in [0.2, 0.25) is 0 Å². The van der Waals surface area contributed by atoms with E-state index in [0.29, 0.717) is 0 Å². The Morgan fingerprint density at radius 1 is 0.366 bits per heavy atom. The highest BCUT2D eigenvalue weighted by atomic mass is 14.4. The molecule has 8 aromatic rings. The molecule has 0 heterocycles. The van der Waals surface area contributed by atoms with Crippen LogP contribution in [0, 0.1) is 0 Å². The first-order chi connectivity index (χ1) is 20.1. The van der Waals surface area contributed by atoms with Crippen LogP contribution in [0.25, 0.3) is 76.1 Å². The van der Waals surface area contributed by atoms with Gasteiger partial charge < -0.3 is 0 Å². The molecule has 1 aliphatic rings. The van der Waals surface area contributed by atoms with Gasteiger partial charge >= 0.3 is 0 Å². The van der Waals surface area contributed by atoms with E-state index in [4.69, 9.17) is 0 Å². The monoisotopic (exact) mass is 520 g/mol. The van der Waals surface area contributed by atoms with E-state index in [9.17, 15) is 0 Å². The Kier molecular flexibility index (Phi) is 4.49. The maximum Gasteiger partial charge on any atom is 0.0159 e. The van der Waals surface area contributed by atoms with Crippen LogP contribution in [0.5, 0.6) is 0 Å². The maximum absolute atomic E-state index is 2.46. The summed E-state index contributed by atoms with van der Waals surface area (Å²) in [5, 5.41) is 13.1. The van der Waals surface area contributed by atoms with Gasteiger partial charge in [-0.1, -0.05) is 123 Å². The Morgan fingerprint density at radius 2 is 0.927 bits per heavy atom. The van der Waals surface area contributed by atoms with E-state index >= 15 is 0 Å². The molecule has 0 atom stereocenters. The lowest BCUT2D eigenvalue weighted by molar-refractivity contribution is 0.660. The van der Waals surface area contributed by atoms with Crippen molar-refractivity contribution in [2.75, 3.05) is 0 Å². The summed E-state index contributed by atoms with van der Waals surface area (Å²) < 4.78 is 0. The normalized spacial score (nSPS) is 13.8. The van der Waals surface area contributed by atoms with Crippen molar-refractivity contribution in [2.24, 2.45) is 0 Å². The second-order valence-corrected chi connectivity index (χ2v) is 12.1. The predicted octanol–water partition coefficient (Wildman–Crippen LogP) is 11.4. The molecule has 8 aromatic carbocycles. The van der Waals surface area contributed by atoms with E-state index in [0.717, 1.165) is 0 Å². The van der Waals surface area contributed by atoms with Crippen molar-refractivity contribution < 1.29 is 0 Å². The zero-order chi connectivity index (χ0) is 27.3. The van der Waals surface area contributed by atoms with Crippen molar-refractivity contribution in [3.05, 3.63) is 145 Å². The quantitative estimate of drug-likeness (QED) is 0.149. The molecule has 0 unspecified atom stereocenters. The molecule has 0 aromatic heterocycles. The topological polar surface area (TPSA) is 0 Å². The summed E-state index contributed by atoms with van der Waals surface area (Å²) in [4.78, 5) is 0. The first-order valence-corrected chi connectivity index (χ1v) is 14.5. The van der Waals surface area contributed by atoms with E-state index in [1.165, 1.54) is 87.2 Å². The van der Waals surface area contributed by atoms with Crippen molar-refractivity contribution in [3.63, 3.8) is 0 Å². The zero-order valence-corrected chi connectivity index (χ0v) is 23.2. The fourth-order valence-electron chi connectivity index (χ4n) is 7.61. The number of rotatable bonds is 1. The minimum atomic E-state index is -0.0292. The molecule has 0 N–H and O–H groups in total. The van der Waals surface area contributed by atoms with Gasteiger partial charge in [-0.2, -0.15) is 0 Å². The summed E-state index contributed by atoms with van der Waals surface area (Å²) in [5.41, 5.74) is 8.11. The highest BCUT2D eigenvalue weighted by molar-refractivity contribution is 6.34. The molecule has 0 amide bonds. The average Bonchev–Trinajstić information content (AvgIpc) is 3.25. The highest BCUT2D eigenvalue weighted by Crippen LogP contribution is 2.50. The summed E-state index contributed by atoms with van der Waals surface area (Å²) in [6, 6.07) is 50.0. The van der Waals surface area contributed by atoms with Crippen LogP contribution >= 0.6 is 0 Å². The van der Waals surface area contributed by atoms with Gasteiger partial charge in [0.1, 0.15) is 0 Å². The van der Waals surface area contributed by atoms with Gasteiger partial charge in [-0.25, -0.2) is 0 Å². The minimum absolute atomic E-state index is 0.0292. The minimum Gasteiger partial charge on any atom is -0.0619 e. The molecule has 41 heavy (non-hydrogen) atoms. The number of fused-ring (bicyclic) bond motifs is 12. The Labute approximate surface area is 239 Å². The van der Waals surface area contributed by atoms with Crippen molar-refractivity contribution in [1.82, 2.24) is 0 Å². The number of benzene rings is 8. The van der Waals surface area contributed by atoms with E-state index in [-0.39, 0.29) is 5.41 Å². The van der Waals surface area contributed by atoms with Crippen LogP contribution in [0.15, 0.2) is 133 Å². The van der Waals surface area contributed by atoms with Gasteiger partial charge in [-0.15, -0.1) is 0 Å². The largest absolute Gasteiger partial charge is 0.0619 e. The second-order valence-electron chi connectivity index (χ2n) is 12.1. The van der Waals surface area contributed by atoms with Gasteiger partial charge in [0.05, 0.1) is 0 Å². The molecule has 0 radical (unpaired) electrons. The summed E-state index contributed by atoms with van der Waals surface area (Å²) >= 11 is 0. The Morgan fingerprint density at radius 3 is 1.71 bits per heavy atom. The second kappa shape index (κ2) is 8.05. The molecule has 192 valence electrons. The van der Waals surface area contributed by atoms with Gasteiger partial charge in [0, 0.05) is 5.41 Å². The lowest BCUT2D eigenvalue weighted by atomic mass is 9.81. The van der Waals surface area contributed by atoms with Gasteiger partial charge in [0.25, 0.3) is 0 Å². The van der Waals surface area contributed by atoms with Crippen LogP contribution in [0.3, 0.4) is 0 Å². The first-order valence-electron chi connectivity index (χ1n) is 14.5. The molecular weight excluding hydrogens is 492 g/mol. The average molecular weight is 521 g/mol. The van der Waals surface area contributed by atoms with Crippen molar-refractivity contribution in [2.45, 2.75) is 19.3 Å². The Bertz CT molecular complexity index is 2390. The fraction of sp³-hybridized carbons (Fsp3) is 0.0732. The van der Waals surface area contributed by atoms with Crippen molar-refractivity contribution in [1.29, 1.82) is 0 Å². The van der Waals surface area contributed by atoms with Gasteiger partial charge in [0.2, 0.25) is 0 Å². The summed E-state index contributed by atoms with van der Waals surface area (Å²) in [6.45, 7) is 4.73. The molecule has 9 rings (SSSR count). The third kappa shape index (κ3) is 3.05. The Balaban J connectivity index is 1.42. The standard InChI is InChI=1S/C41H28/c1-41(2)38-18-10-9-16-31(38)32-20-19-27(23-39(32)41)34-24-37-29-14-6-5-13-28(29)35-21-25-11-3-4-12-26(25)22-36(35)40(37)33-17-8-7-15-30(33)34/h3-24H,1-2H3. The van der Waals surface area contributed by atoms with Crippen molar-refractivity contribution >= 4 is 53.9 Å². The third-order valence-electron chi connectivity index (χ3n) is 9.60. The molecule has 0 spiro atoms. The van der Waals surface area contributed by atoms with E-state index in [1.54, 1.807) is 0 Å². The SMILES string of the molecule is CC1(C)c2ccccc2-c2ccc(-c3cc4c5ccccc5c5cc6ccccc6cc5c4c4ccccc34)cc21. The maximum atomic E-state index is 2.46. The molecular formula is C41H28. The fourth-order valence-corrected chi connectivity index (χ4v) is 7.61. The molecule has 0 bridgehead atoms. The zero-order valence-electron chi connectivity index (χ0n) is 23.2. The molecule has 0 heteroatoms. The smallest absolute Gasteiger partial charge is 0.0159 e.